The van der Waals surface area contributed by atoms with E-state index in [4.69, 9.17) is 11.6 Å². The van der Waals surface area contributed by atoms with Crippen LogP contribution in [-0.2, 0) is 6.42 Å². The van der Waals surface area contributed by atoms with Crippen LogP contribution < -0.4 is 10.2 Å². The molecular weight excluding hydrogens is 346 g/mol. The van der Waals surface area contributed by atoms with E-state index in [9.17, 15) is 4.79 Å². The third kappa shape index (κ3) is 4.61. The smallest absolute Gasteiger partial charge is 0.257 e. The first-order valence-electron chi connectivity index (χ1n) is 8.39. The second kappa shape index (κ2) is 8.50. The molecular formula is C21H20ClN3O. The van der Waals surface area contributed by atoms with E-state index in [1.165, 1.54) is 5.56 Å². The highest BCUT2D eigenvalue weighted by Crippen LogP contribution is 2.20. The lowest BCUT2D eigenvalue weighted by molar-refractivity contribution is 0.102. The number of nitrogens with one attached hydrogen (secondary N) is 1. The summed E-state index contributed by atoms with van der Waals surface area (Å²) in [5.74, 6) is -0.214. The van der Waals surface area contributed by atoms with Crippen LogP contribution in [0.2, 0.25) is 5.02 Å². The normalized spacial score (nSPS) is 10.4. The van der Waals surface area contributed by atoms with E-state index in [2.05, 4.69) is 22.2 Å². The quantitative estimate of drug-likeness (QED) is 0.690. The molecule has 0 radical (unpaired) electrons. The predicted octanol–water partition coefficient (Wildman–Crippen LogP) is 4.67. The predicted molar refractivity (Wildman–Crippen MR) is 107 cm³/mol. The van der Waals surface area contributed by atoms with Gasteiger partial charge in [-0.1, -0.05) is 23.7 Å². The molecule has 0 aliphatic carbocycles. The minimum atomic E-state index is -0.214. The van der Waals surface area contributed by atoms with Gasteiger partial charge in [0.2, 0.25) is 0 Å². The summed E-state index contributed by atoms with van der Waals surface area (Å²) in [6.45, 7) is 0.898. The lowest BCUT2D eigenvalue weighted by Gasteiger charge is -2.19. The summed E-state index contributed by atoms with van der Waals surface area (Å²) in [6.07, 6.45) is 4.57. The zero-order valence-electron chi connectivity index (χ0n) is 14.5. The number of anilines is 2. The van der Waals surface area contributed by atoms with Gasteiger partial charge in [0.15, 0.2) is 0 Å². The van der Waals surface area contributed by atoms with Crippen molar-refractivity contribution < 1.29 is 4.79 Å². The Balaban J connectivity index is 1.59. The van der Waals surface area contributed by atoms with Crippen molar-refractivity contribution >= 4 is 28.9 Å². The molecule has 1 heterocycles. The van der Waals surface area contributed by atoms with Crippen LogP contribution in [0.1, 0.15) is 15.9 Å². The summed E-state index contributed by atoms with van der Waals surface area (Å²) in [5, 5.41) is 3.32. The number of rotatable bonds is 6. The number of pyridine rings is 1. The van der Waals surface area contributed by atoms with Crippen LogP contribution in [0, 0.1) is 0 Å². The summed E-state index contributed by atoms with van der Waals surface area (Å²) in [6, 6.07) is 18.8. The molecule has 0 saturated heterocycles. The molecule has 1 aromatic heterocycles. The molecule has 0 unspecified atom stereocenters. The zero-order chi connectivity index (χ0) is 18.4. The highest BCUT2D eigenvalue weighted by atomic mass is 35.5. The van der Waals surface area contributed by atoms with Crippen molar-refractivity contribution in [3.05, 3.63) is 89.2 Å². The summed E-state index contributed by atoms with van der Waals surface area (Å²) in [4.78, 5) is 18.5. The standard InChI is InChI=1S/C21H20ClN3O/c1-25(15-12-16-10-13-23-14-11-16)18-8-6-17(7-9-18)24-21(26)19-4-2-3-5-20(19)22/h2-11,13-14H,12,15H2,1H3,(H,24,26). The van der Waals surface area contributed by atoms with Crippen molar-refractivity contribution in [2.75, 3.05) is 23.8 Å². The second-order valence-electron chi connectivity index (χ2n) is 6.01. The number of nitrogens with zero attached hydrogens (tertiary/aromatic N) is 2. The van der Waals surface area contributed by atoms with Gasteiger partial charge < -0.3 is 10.2 Å². The molecule has 1 amide bonds. The largest absolute Gasteiger partial charge is 0.374 e. The molecule has 0 fully saturated rings. The number of hydrogen-bond acceptors (Lipinski definition) is 3. The van der Waals surface area contributed by atoms with Gasteiger partial charge in [-0.3, -0.25) is 9.78 Å². The summed E-state index contributed by atoms with van der Waals surface area (Å²) in [5.41, 5.74) is 3.55. The van der Waals surface area contributed by atoms with E-state index in [1.807, 2.05) is 48.8 Å². The number of aromatic nitrogens is 1. The van der Waals surface area contributed by atoms with E-state index in [0.29, 0.717) is 10.6 Å². The Morgan fingerprint density at radius 1 is 1.04 bits per heavy atom. The van der Waals surface area contributed by atoms with Crippen LogP contribution in [-0.4, -0.2) is 24.5 Å². The lowest BCUT2D eigenvalue weighted by Crippen LogP contribution is -2.20. The first-order valence-corrected chi connectivity index (χ1v) is 8.77. The average molecular weight is 366 g/mol. The van der Waals surface area contributed by atoms with Crippen LogP contribution in [0.4, 0.5) is 11.4 Å². The molecule has 4 nitrogen and oxygen atoms in total. The Hall–Kier alpha value is -2.85. The fourth-order valence-electron chi connectivity index (χ4n) is 2.62. The highest BCUT2D eigenvalue weighted by Gasteiger charge is 2.10. The Kier molecular flexibility index (Phi) is 5.87. The number of carbonyl (C=O) groups is 1. The van der Waals surface area contributed by atoms with E-state index >= 15 is 0 Å². The molecule has 0 aliphatic heterocycles. The van der Waals surface area contributed by atoms with Crippen molar-refractivity contribution in [3.63, 3.8) is 0 Å². The minimum absolute atomic E-state index is 0.214. The molecule has 0 saturated carbocycles. The van der Waals surface area contributed by atoms with E-state index in [1.54, 1.807) is 24.3 Å². The molecule has 0 bridgehead atoms. The Morgan fingerprint density at radius 2 is 1.73 bits per heavy atom. The number of likely N-dealkylation sites (N-methyl/N-ethyl adjacent to an activating group) is 1. The van der Waals surface area contributed by atoms with Gasteiger partial charge in [-0.25, -0.2) is 0 Å². The van der Waals surface area contributed by atoms with Gasteiger partial charge in [0.1, 0.15) is 0 Å². The highest BCUT2D eigenvalue weighted by molar-refractivity contribution is 6.34. The first kappa shape index (κ1) is 18.0. The third-order valence-corrected chi connectivity index (χ3v) is 4.50. The summed E-state index contributed by atoms with van der Waals surface area (Å²) >= 11 is 6.07. The van der Waals surface area contributed by atoms with Crippen LogP contribution in [0.5, 0.6) is 0 Å². The lowest BCUT2D eigenvalue weighted by atomic mass is 10.2. The average Bonchev–Trinajstić information content (AvgIpc) is 2.68. The summed E-state index contributed by atoms with van der Waals surface area (Å²) in [7, 11) is 2.05. The van der Waals surface area contributed by atoms with Gasteiger partial charge in [0, 0.05) is 37.4 Å². The zero-order valence-corrected chi connectivity index (χ0v) is 15.3. The maximum atomic E-state index is 12.3. The molecule has 26 heavy (non-hydrogen) atoms. The molecule has 0 atom stereocenters. The van der Waals surface area contributed by atoms with Crippen LogP contribution in [0.15, 0.2) is 73.1 Å². The maximum absolute atomic E-state index is 12.3. The molecule has 0 spiro atoms. The first-order chi connectivity index (χ1) is 12.6. The number of halogens is 1. The Morgan fingerprint density at radius 3 is 2.42 bits per heavy atom. The SMILES string of the molecule is CN(CCc1ccncc1)c1ccc(NC(=O)c2ccccc2Cl)cc1. The molecule has 3 aromatic rings. The number of carbonyl (C=O) groups excluding carboxylic acids is 1. The van der Waals surface area contributed by atoms with Gasteiger partial charge in [0.25, 0.3) is 5.91 Å². The molecule has 1 N–H and O–H groups in total. The maximum Gasteiger partial charge on any atom is 0.257 e. The molecule has 3 rings (SSSR count). The topological polar surface area (TPSA) is 45.2 Å². The molecule has 2 aromatic carbocycles. The van der Waals surface area contributed by atoms with Crippen molar-refractivity contribution in [1.29, 1.82) is 0 Å². The van der Waals surface area contributed by atoms with E-state index < -0.39 is 0 Å². The fraction of sp³-hybridized carbons (Fsp3) is 0.143. The van der Waals surface area contributed by atoms with E-state index in [-0.39, 0.29) is 5.91 Å². The van der Waals surface area contributed by atoms with Gasteiger partial charge in [0.05, 0.1) is 10.6 Å². The Bertz CT molecular complexity index is 866. The summed E-state index contributed by atoms with van der Waals surface area (Å²) < 4.78 is 0. The van der Waals surface area contributed by atoms with Gasteiger partial charge in [-0.15, -0.1) is 0 Å². The van der Waals surface area contributed by atoms with E-state index in [0.717, 1.165) is 24.3 Å². The molecule has 132 valence electrons. The monoisotopic (exact) mass is 365 g/mol. The van der Waals surface area contributed by atoms with Gasteiger partial charge in [-0.2, -0.15) is 0 Å². The van der Waals surface area contributed by atoms with Gasteiger partial charge >= 0.3 is 0 Å². The van der Waals surface area contributed by atoms with Crippen molar-refractivity contribution in [1.82, 2.24) is 4.98 Å². The molecule has 5 heteroatoms. The van der Waals surface area contributed by atoms with Crippen molar-refractivity contribution in [2.45, 2.75) is 6.42 Å². The molecule has 0 aliphatic rings. The number of benzene rings is 2. The van der Waals surface area contributed by atoms with Gasteiger partial charge in [-0.05, 0) is 60.5 Å². The fourth-order valence-corrected chi connectivity index (χ4v) is 2.84. The number of hydrogen-bond donors (Lipinski definition) is 1. The Labute approximate surface area is 158 Å². The van der Waals surface area contributed by atoms with Crippen molar-refractivity contribution in [3.8, 4) is 0 Å². The van der Waals surface area contributed by atoms with Crippen LogP contribution >= 0.6 is 11.6 Å². The van der Waals surface area contributed by atoms with Crippen molar-refractivity contribution in [2.24, 2.45) is 0 Å². The number of amides is 1. The third-order valence-electron chi connectivity index (χ3n) is 4.17. The van der Waals surface area contributed by atoms with Crippen LogP contribution in [0.25, 0.3) is 0 Å². The van der Waals surface area contributed by atoms with Crippen LogP contribution in [0.3, 0.4) is 0 Å². The minimum Gasteiger partial charge on any atom is -0.374 e. The second-order valence-corrected chi connectivity index (χ2v) is 6.42.